The molecule has 11 heteroatoms. The van der Waals surface area contributed by atoms with Crippen LogP contribution >= 0.6 is 0 Å². The summed E-state index contributed by atoms with van der Waals surface area (Å²) in [6.07, 6.45) is 0.693. The minimum Gasteiger partial charge on any atom is -0.452 e. The molecule has 1 aliphatic rings. The number of amides is 1. The number of nitrogens with zero attached hydrogens (tertiary/aromatic N) is 2. The second-order valence-corrected chi connectivity index (χ2v) is 9.61. The minimum atomic E-state index is -4.25. The molecule has 35 heavy (non-hydrogen) atoms. The Bertz CT molecular complexity index is 1420. The number of nitrogens with one attached hydrogen (secondary N) is 1. The zero-order chi connectivity index (χ0) is 25.2. The molecule has 0 radical (unpaired) electrons. The van der Waals surface area contributed by atoms with Crippen LogP contribution in [0.3, 0.4) is 0 Å². The Morgan fingerprint density at radius 1 is 1.09 bits per heavy atom. The maximum absolute atomic E-state index is 12.8. The lowest BCUT2D eigenvalue weighted by molar-refractivity contribution is -0.385. The van der Waals surface area contributed by atoms with Gasteiger partial charge in [-0.2, -0.15) is 0 Å². The predicted molar refractivity (Wildman–Crippen MR) is 128 cm³/mol. The van der Waals surface area contributed by atoms with Gasteiger partial charge in [0.05, 0.1) is 21.1 Å². The van der Waals surface area contributed by atoms with E-state index in [9.17, 15) is 28.1 Å². The SMILES string of the molecule is C[C@H]1Cc2ccccc2N1C(=O)COC(=O)c1ccccc1NS(=O)(=O)c1cccc([N+](=O)[O-])c1. The molecular formula is C24H21N3O7S. The van der Waals surface area contributed by atoms with Gasteiger partial charge in [-0.25, -0.2) is 13.2 Å². The number of rotatable bonds is 7. The topological polar surface area (TPSA) is 136 Å². The van der Waals surface area contributed by atoms with Crippen LogP contribution < -0.4 is 9.62 Å². The summed E-state index contributed by atoms with van der Waals surface area (Å²) < 4.78 is 33.1. The Hall–Kier alpha value is -4.25. The van der Waals surface area contributed by atoms with Crippen molar-refractivity contribution < 1.29 is 27.7 Å². The molecule has 3 aromatic carbocycles. The van der Waals surface area contributed by atoms with E-state index < -0.39 is 39.1 Å². The smallest absolute Gasteiger partial charge is 0.340 e. The number of hydrogen-bond donors (Lipinski definition) is 1. The lowest BCUT2D eigenvalue weighted by Crippen LogP contribution is -2.38. The van der Waals surface area contributed by atoms with Gasteiger partial charge in [0.1, 0.15) is 0 Å². The Kier molecular flexibility index (Phi) is 6.52. The van der Waals surface area contributed by atoms with Gasteiger partial charge in [0, 0.05) is 23.9 Å². The Labute approximate surface area is 201 Å². The normalized spacial score (nSPS) is 14.8. The van der Waals surface area contributed by atoms with E-state index in [2.05, 4.69) is 4.72 Å². The monoisotopic (exact) mass is 495 g/mol. The summed E-state index contributed by atoms with van der Waals surface area (Å²) in [5.74, 6) is -1.29. The fourth-order valence-corrected chi connectivity index (χ4v) is 5.06. The standard InChI is InChI=1S/C24H21N3O7S/c1-16-13-17-7-2-5-12-22(17)26(16)23(28)15-34-24(29)20-10-3-4-11-21(20)25-35(32,33)19-9-6-8-18(14-19)27(30)31/h2-12,14,16,25H,13,15H2,1H3/t16-/m0/s1. The van der Waals surface area contributed by atoms with Crippen LogP contribution in [0.25, 0.3) is 0 Å². The number of benzene rings is 3. The van der Waals surface area contributed by atoms with Gasteiger partial charge in [0.2, 0.25) is 0 Å². The third kappa shape index (κ3) is 4.99. The quantitative estimate of drug-likeness (QED) is 0.301. The van der Waals surface area contributed by atoms with Gasteiger partial charge < -0.3 is 9.64 Å². The van der Waals surface area contributed by atoms with Gasteiger partial charge in [-0.05, 0) is 43.2 Å². The predicted octanol–water partition coefficient (Wildman–Crippen LogP) is 3.53. The highest BCUT2D eigenvalue weighted by atomic mass is 32.2. The zero-order valence-electron chi connectivity index (χ0n) is 18.6. The highest BCUT2D eigenvalue weighted by molar-refractivity contribution is 7.92. The summed E-state index contributed by atoms with van der Waals surface area (Å²) in [6, 6.07) is 17.7. The van der Waals surface area contributed by atoms with Crippen molar-refractivity contribution in [2.45, 2.75) is 24.3 Å². The van der Waals surface area contributed by atoms with E-state index in [1.165, 1.54) is 42.5 Å². The van der Waals surface area contributed by atoms with E-state index in [4.69, 9.17) is 4.74 Å². The van der Waals surface area contributed by atoms with Crippen LogP contribution in [0.5, 0.6) is 0 Å². The minimum absolute atomic E-state index is 0.0867. The van der Waals surface area contributed by atoms with Crippen LogP contribution in [0.2, 0.25) is 0 Å². The highest BCUT2D eigenvalue weighted by Gasteiger charge is 2.31. The highest BCUT2D eigenvalue weighted by Crippen LogP contribution is 2.32. The van der Waals surface area contributed by atoms with Crippen molar-refractivity contribution in [1.29, 1.82) is 0 Å². The summed E-state index contributed by atoms with van der Waals surface area (Å²) >= 11 is 0. The van der Waals surface area contributed by atoms with Crippen molar-refractivity contribution in [3.63, 3.8) is 0 Å². The maximum atomic E-state index is 12.8. The molecule has 3 aromatic rings. The van der Waals surface area contributed by atoms with Crippen LogP contribution in [-0.4, -0.2) is 37.9 Å². The molecule has 0 fully saturated rings. The molecule has 0 aromatic heterocycles. The van der Waals surface area contributed by atoms with E-state index in [0.29, 0.717) is 6.42 Å². The molecule has 0 saturated carbocycles. The van der Waals surface area contributed by atoms with E-state index in [1.54, 1.807) is 4.90 Å². The van der Waals surface area contributed by atoms with Crippen LogP contribution in [0.15, 0.2) is 77.7 Å². The average molecular weight is 496 g/mol. The second kappa shape index (κ2) is 9.55. The number of nitro benzene ring substituents is 1. The van der Waals surface area contributed by atoms with E-state index in [1.807, 2.05) is 31.2 Å². The fraction of sp³-hybridized carbons (Fsp3) is 0.167. The fourth-order valence-electron chi connectivity index (χ4n) is 3.94. The molecule has 0 aliphatic carbocycles. The van der Waals surface area contributed by atoms with Crippen molar-refractivity contribution in [3.8, 4) is 0 Å². The van der Waals surface area contributed by atoms with E-state index in [-0.39, 0.29) is 22.2 Å². The number of hydrogen-bond acceptors (Lipinski definition) is 7. The molecule has 1 heterocycles. The summed E-state index contributed by atoms with van der Waals surface area (Å²) in [7, 11) is -4.25. The second-order valence-electron chi connectivity index (χ2n) is 7.93. The number of anilines is 2. The molecule has 1 atom stereocenters. The third-order valence-corrected chi connectivity index (χ3v) is 6.90. The average Bonchev–Trinajstić information content (AvgIpc) is 3.18. The Morgan fingerprint density at radius 3 is 2.57 bits per heavy atom. The molecule has 1 amide bonds. The first-order valence-electron chi connectivity index (χ1n) is 10.6. The van der Waals surface area contributed by atoms with Crippen molar-refractivity contribution in [2.75, 3.05) is 16.2 Å². The van der Waals surface area contributed by atoms with Crippen molar-refractivity contribution in [2.24, 2.45) is 0 Å². The van der Waals surface area contributed by atoms with Crippen LogP contribution in [0, 0.1) is 10.1 Å². The molecule has 4 rings (SSSR count). The summed E-state index contributed by atoms with van der Waals surface area (Å²) in [6.45, 7) is 1.38. The maximum Gasteiger partial charge on any atom is 0.340 e. The summed E-state index contributed by atoms with van der Waals surface area (Å²) in [4.78, 5) is 37.1. The van der Waals surface area contributed by atoms with Crippen LogP contribution in [0.4, 0.5) is 17.1 Å². The van der Waals surface area contributed by atoms with Gasteiger partial charge in [-0.1, -0.05) is 36.4 Å². The van der Waals surface area contributed by atoms with E-state index in [0.717, 1.165) is 17.3 Å². The number of para-hydroxylation sites is 2. The summed E-state index contributed by atoms with van der Waals surface area (Å²) in [5.41, 5.74) is 1.21. The number of fused-ring (bicyclic) bond motifs is 1. The summed E-state index contributed by atoms with van der Waals surface area (Å²) in [5, 5.41) is 11.0. The van der Waals surface area contributed by atoms with Gasteiger partial charge in [0.15, 0.2) is 6.61 Å². The zero-order valence-corrected chi connectivity index (χ0v) is 19.4. The lowest BCUT2D eigenvalue weighted by Gasteiger charge is -2.22. The van der Waals surface area contributed by atoms with E-state index >= 15 is 0 Å². The lowest BCUT2D eigenvalue weighted by atomic mass is 10.1. The molecule has 1 aliphatic heterocycles. The number of ether oxygens (including phenoxy) is 1. The van der Waals surface area contributed by atoms with Gasteiger partial charge in [-0.15, -0.1) is 0 Å². The number of sulfonamides is 1. The van der Waals surface area contributed by atoms with Crippen molar-refractivity contribution in [1.82, 2.24) is 0 Å². The van der Waals surface area contributed by atoms with Gasteiger partial charge >= 0.3 is 5.97 Å². The molecule has 1 N–H and O–H groups in total. The number of esters is 1. The molecule has 0 bridgehead atoms. The number of nitro groups is 1. The molecule has 0 saturated heterocycles. The van der Waals surface area contributed by atoms with Crippen LogP contribution in [0.1, 0.15) is 22.8 Å². The van der Waals surface area contributed by atoms with Gasteiger partial charge in [-0.3, -0.25) is 19.6 Å². The van der Waals surface area contributed by atoms with Gasteiger partial charge in [0.25, 0.3) is 21.6 Å². The molecule has 10 nitrogen and oxygen atoms in total. The van der Waals surface area contributed by atoms with Crippen LogP contribution in [-0.2, 0) is 26.0 Å². The first-order chi connectivity index (χ1) is 16.7. The third-order valence-electron chi connectivity index (χ3n) is 5.53. The molecule has 180 valence electrons. The Balaban J connectivity index is 1.49. The first-order valence-corrected chi connectivity index (χ1v) is 12.1. The molecule has 0 unspecified atom stereocenters. The number of non-ortho nitro benzene ring substituents is 1. The molecular weight excluding hydrogens is 474 g/mol. The number of carbonyl (C=O) groups excluding carboxylic acids is 2. The largest absolute Gasteiger partial charge is 0.452 e. The molecule has 0 spiro atoms. The Morgan fingerprint density at radius 2 is 1.80 bits per heavy atom. The van der Waals surface area contributed by atoms with Crippen molar-refractivity contribution in [3.05, 3.63) is 94.0 Å². The van der Waals surface area contributed by atoms with Crippen molar-refractivity contribution >= 4 is 39.0 Å². The number of carbonyl (C=O) groups is 2. The first kappa shape index (κ1) is 23.9.